The molecule has 0 aliphatic heterocycles. The lowest BCUT2D eigenvalue weighted by atomic mass is 9.98. The van der Waals surface area contributed by atoms with Crippen molar-refractivity contribution in [2.75, 3.05) is 7.05 Å². The number of hydrogen-bond donors (Lipinski definition) is 1. The van der Waals surface area contributed by atoms with Crippen molar-refractivity contribution in [3.05, 3.63) is 69.4 Å². The molecule has 2 aromatic carbocycles. The SMILES string of the molecule is CNC(c1ccc(F)c(Br)c1)c1cccc(F)c1F. The fourth-order valence-electron chi connectivity index (χ4n) is 1.94. The Morgan fingerprint density at radius 1 is 1.05 bits per heavy atom. The smallest absolute Gasteiger partial charge is 0.163 e. The molecule has 1 atom stereocenters. The highest BCUT2D eigenvalue weighted by atomic mass is 79.9. The summed E-state index contributed by atoms with van der Waals surface area (Å²) in [5.74, 6) is -2.21. The zero-order chi connectivity index (χ0) is 14.0. The molecule has 0 fully saturated rings. The molecule has 0 spiro atoms. The van der Waals surface area contributed by atoms with Gasteiger partial charge in [-0.2, -0.15) is 0 Å². The number of rotatable bonds is 3. The summed E-state index contributed by atoms with van der Waals surface area (Å²) in [6.07, 6.45) is 0. The summed E-state index contributed by atoms with van der Waals surface area (Å²) in [7, 11) is 1.63. The van der Waals surface area contributed by atoms with Gasteiger partial charge < -0.3 is 5.32 Å². The van der Waals surface area contributed by atoms with Crippen LogP contribution in [0.3, 0.4) is 0 Å². The first-order valence-electron chi connectivity index (χ1n) is 5.60. The molecule has 2 aromatic rings. The molecular weight excluding hydrogens is 319 g/mol. The van der Waals surface area contributed by atoms with E-state index < -0.39 is 23.5 Å². The van der Waals surface area contributed by atoms with Crippen molar-refractivity contribution in [3.8, 4) is 0 Å². The molecule has 0 bridgehead atoms. The van der Waals surface area contributed by atoms with Crippen molar-refractivity contribution in [1.82, 2.24) is 5.32 Å². The average Bonchev–Trinajstić information content (AvgIpc) is 2.39. The van der Waals surface area contributed by atoms with Crippen molar-refractivity contribution in [1.29, 1.82) is 0 Å². The number of benzene rings is 2. The maximum absolute atomic E-state index is 13.8. The summed E-state index contributed by atoms with van der Waals surface area (Å²) < 4.78 is 40.6. The van der Waals surface area contributed by atoms with Gasteiger partial charge in [0.05, 0.1) is 10.5 Å². The molecule has 19 heavy (non-hydrogen) atoms. The van der Waals surface area contributed by atoms with E-state index in [2.05, 4.69) is 21.2 Å². The third kappa shape index (κ3) is 2.82. The largest absolute Gasteiger partial charge is 0.309 e. The quantitative estimate of drug-likeness (QED) is 0.890. The van der Waals surface area contributed by atoms with Crippen LogP contribution in [-0.2, 0) is 0 Å². The van der Waals surface area contributed by atoms with Crippen molar-refractivity contribution >= 4 is 15.9 Å². The first-order valence-corrected chi connectivity index (χ1v) is 6.40. The van der Waals surface area contributed by atoms with Crippen LogP contribution in [0.5, 0.6) is 0 Å². The minimum atomic E-state index is -0.904. The van der Waals surface area contributed by atoms with Gasteiger partial charge in [0.25, 0.3) is 0 Å². The van der Waals surface area contributed by atoms with Crippen LogP contribution in [0, 0.1) is 17.5 Å². The number of hydrogen-bond acceptors (Lipinski definition) is 1. The average molecular weight is 330 g/mol. The van der Waals surface area contributed by atoms with Gasteiger partial charge in [-0.15, -0.1) is 0 Å². The summed E-state index contributed by atoms with van der Waals surface area (Å²) in [6, 6.07) is 7.81. The van der Waals surface area contributed by atoms with Crippen LogP contribution in [0.1, 0.15) is 17.2 Å². The second-order valence-electron chi connectivity index (χ2n) is 4.04. The van der Waals surface area contributed by atoms with E-state index in [4.69, 9.17) is 0 Å². The monoisotopic (exact) mass is 329 g/mol. The van der Waals surface area contributed by atoms with E-state index in [1.54, 1.807) is 13.1 Å². The minimum absolute atomic E-state index is 0.181. The van der Waals surface area contributed by atoms with Crippen LogP contribution >= 0.6 is 15.9 Å². The Morgan fingerprint density at radius 3 is 2.42 bits per heavy atom. The van der Waals surface area contributed by atoms with Crippen molar-refractivity contribution in [2.24, 2.45) is 0 Å². The number of halogens is 4. The second kappa shape index (κ2) is 5.75. The highest BCUT2D eigenvalue weighted by Crippen LogP contribution is 2.28. The Bertz CT molecular complexity index is 601. The second-order valence-corrected chi connectivity index (χ2v) is 4.89. The maximum Gasteiger partial charge on any atom is 0.163 e. The van der Waals surface area contributed by atoms with Crippen LogP contribution in [-0.4, -0.2) is 7.05 Å². The summed E-state index contributed by atoms with van der Waals surface area (Å²) in [4.78, 5) is 0. The Balaban J connectivity index is 2.50. The molecule has 0 heterocycles. The van der Waals surface area contributed by atoms with Gasteiger partial charge in [0.15, 0.2) is 11.6 Å². The van der Waals surface area contributed by atoms with Gasteiger partial charge in [0, 0.05) is 5.56 Å². The van der Waals surface area contributed by atoms with E-state index in [0.29, 0.717) is 5.56 Å². The van der Waals surface area contributed by atoms with E-state index in [0.717, 1.165) is 6.07 Å². The summed E-state index contributed by atoms with van der Waals surface area (Å²) in [5.41, 5.74) is 0.821. The molecule has 1 unspecified atom stereocenters. The third-order valence-electron chi connectivity index (χ3n) is 2.86. The van der Waals surface area contributed by atoms with E-state index in [-0.39, 0.29) is 10.0 Å². The molecule has 100 valence electrons. The van der Waals surface area contributed by atoms with Crippen molar-refractivity contribution < 1.29 is 13.2 Å². The van der Waals surface area contributed by atoms with E-state index in [9.17, 15) is 13.2 Å². The van der Waals surface area contributed by atoms with Crippen LogP contribution in [0.2, 0.25) is 0 Å². The zero-order valence-corrected chi connectivity index (χ0v) is 11.6. The van der Waals surface area contributed by atoms with Gasteiger partial charge in [-0.25, -0.2) is 13.2 Å². The van der Waals surface area contributed by atoms with Gasteiger partial charge in [0.2, 0.25) is 0 Å². The molecule has 1 nitrogen and oxygen atoms in total. The Kier molecular flexibility index (Phi) is 4.27. The highest BCUT2D eigenvalue weighted by Gasteiger charge is 2.19. The van der Waals surface area contributed by atoms with Gasteiger partial charge >= 0.3 is 0 Å². The topological polar surface area (TPSA) is 12.0 Å². The molecule has 5 heteroatoms. The lowest BCUT2D eigenvalue weighted by molar-refractivity contribution is 0.487. The maximum atomic E-state index is 13.8. The summed E-state index contributed by atoms with van der Waals surface area (Å²) in [6.45, 7) is 0. The molecule has 2 rings (SSSR count). The number of nitrogens with one attached hydrogen (secondary N) is 1. The lowest BCUT2D eigenvalue weighted by Crippen LogP contribution is -2.19. The Hall–Kier alpha value is -1.33. The normalized spacial score (nSPS) is 12.5. The van der Waals surface area contributed by atoms with Crippen LogP contribution in [0.4, 0.5) is 13.2 Å². The standard InChI is InChI=1S/C14H11BrF3N/c1-19-14(8-5-6-11(16)10(15)7-8)9-3-2-4-12(17)13(9)18/h2-7,14,19H,1H3. The van der Waals surface area contributed by atoms with Crippen LogP contribution in [0.15, 0.2) is 40.9 Å². The van der Waals surface area contributed by atoms with E-state index in [1.165, 1.54) is 24.3 Å². The fraction of sp³-hybridized carbons (Fsp3) is 0.143. The lowest BCUT2D eigenvalue weighted by Gasteiger charge is -2.18. The summed E-state index contributed by atoms with van der Waals surface area (Å²) >= 11 is 3.08. The van der Waals surface area contributed by atoms with E-state index in [1.807, 2.05) is 0 Å². The van der Waals surface area contributed by atoms with E-state index >= 15 is 0 Å². The molecule has 0 aliphatic rings. The predicted octanol–water partition coefficient (Wildman–Crippen LogP) is 4.18. The molecule has 0 aliphatic carbocycles. The highest BCUT2D eigenvalue weighted by molar-refractivity contribution is 9.10. The molecule has 0 aromatic heterocycles. The predicted molar refractivity (Wildman–Crippen MR) is 71.4 cm³/mol. The summed E-state index contributed by atoms with van der Waals surface area (Å²) in [5, 5.41) is 2.90. The Labute approximate surface area is 117 Å². The molecule has 0 radical (unpaired) electrons. The molecule has 0 saturated heterocycles. The third-order valence-corrected chi connectivity index (χ3v) is 3.47. The van der Waals surface area contributed by atoms with Gasteiger partial charge in [-0.3, -0.25) is 0 Å². The molecule has 1 N–H and O–H groups in total. The van der Waals surface area contributed by atoms with Gasteiger partial charge in [-0.05, 0) is 46.7 Å². The van der Waals surface area contributed by atoms with Crippen LogP contribution < -0.4 is 5.32 Å². The first kappa shape index (κ1) is 14.1. The fourth-order valence-corrected chi connectivity index (χ4v) is 2.33. The zero-order valence-electron chi connectivity index (χ0n) is 10.1. The molecular formula is C14H11BrF3N. The minimum Gasteiger partial charge on any atom is -0.309 e. The molecule has 0 saturated carbocycles. The van der Waals surface area contributed by atoms with Crippen molar-refractivity contribution in [3.63, 3.8) is 0 Å². The molecule has 0 amide bonds. The van der Waals surface area contributed by atoms with Crippen molar-refractivity contribution in [2.45, 2.75) is 6.04 Å². The Morgan fingerprint density at radius 2 is 1.79 bits per heavy atom. The van der Waals surface area contributed by atoms with Crippen LogP contribution in [0.25, 0.3) is 0 Å². The van der Waals surface area contributed by atoms with Gasteiger partial charge in [-0.1, -0.05) is 18.2 Å². The first-order chi connectivity index (χ1) is 9.04. The van der Waals surface area contributed by atoms with Gasteiger partial charge in [0.1, 0.15) is 5.82 Å².